The zero-order valence-corrected chi connectivity index (χ0v) is 10.7. The average molecular weight is 235 g/mol. The number of hydrogen-bond donors (Lipinski definition) is 2. The van der Waals surface area contributed by atoms with E-state index in [9.17, 15) is 0 Å². The van der Waals surface area contributed by atoms with Gasteiger partial charge in [-0.3, -0.25) is 0 Å². The van der Waals surface area contributed by atoms with Gasteiger partial charge in [0.1, 0.15) is 0 Å². The fourth-order valence-electron chi connectivity index (χ4n) is 3.40. The summed E-state index contributed by atoms with van der Waals surface area (Å²) in [5, 5.41) is 3.34. The van der Waals surface area contributed by atoms with E-state index in [-0.39, 0.29) is 0 Å². The van der Waals surface area contributed by atoms with Gasteiger partial charge in [-0.1, -0.05) is 32.1 Å². The van der Waals surface area contributed by atoms with E-state index in [2.05, 4.69) is 10.3 Å². The zero-order valence-electron chi connectivity index (χ0n) is 10.7. The van der Waals surface area contributed by atoms with Gasteiger partial charge in [0.05, 0.1) is 6.04 Å². The molecule has 3 aliphatic carbocycles. The first-order valence-corrected chi connectivity index (χ1v) is 7.43. The Morgan fingerprint density at radius 3 is 2.41 bits per heavy atom. The molecule has 2 atom stereocenters. The van der Waals surface area contributed by atoms with E-state index in [1.807, 2.05) is 0 Å². The van der Waals surface area contributed by atoms with Gasteiger partial charge in [0.15, 0.2) is 5.96 Å². The van der Waals surface area contributed by atoms with E-state index in [0.29, 0.717) is 18.0 Å². The van der Waals surface area contributed by atoms with E-state index < -0.39 is 0 Å². The maximum absolute atomic E-state index is 5.96. The summed E-state index contributed by atoms with van der Waals surface area (Å²) in [5.74, 6) is 2.52. The molecule has 0 aromatic carbocycles. The minimum absolute atomic E-state index is 0.547. The van der Waals surface area contributed by atoms with Gasteiger partial charge in [-0.05, 0) is 37.5 Å². The van der Waals surface area contributed by atoms with Gasteiger partial charge < -0.3 is 11.1 Å². The summed E-state index contributed by atoms with van der Waals surface area (Å²) < 4.78 is 0. The van der Waals surface area contributed by atoms with Gasteiger partial charge in [-0.2, -0.15) is 0 Å². The summed E-state index contributed by atoms with van der Waals surface area (Å²) in [6, 6.07) is 1.16. The number of guanidine groups is 1. The number of hydrogen-bond acceptors (Lipinski definition) is 1. The van der Waals surface area contributed by atoms with E-state index in [0.717, 1.165) is 11.8 Å². The lowest BCUT2D eigenvalue weighted by Gasteiger charge is -2.26. The van der Waals surface area contributed by atoms with Crippen molar-refractivity contribution in [1.82, 2.24) is 5.32 Å². The molecule has 3 nitrogen and oxygen atoms in total. The van der Waals surface area contributed by atoms with Crippen molar-refractivity contribution in [2.24, 2.45) is 22.6 Å². The monoisotopic (exact) mass is 235 g/mol. The van der Waals surface area contributed by atoms with Crippen molar-refractivity contribution in [3.8, 4) is 0 Å². The normalized spacial score (nSPS) is 35.4. The first-order chi connectivity index (χ1) is 8.33. The van der Waals surface area contributed by atoms with Crippen LogP contribution in [0, 0.1) is 11.8 Å². The van der Waals surface area contributed by atoms with Crippen LogP contribution < -0.4 is 11.1 Å². The fraction of sp³-hybridized carbons (Fsp3) is 0.929. The number of nitrogens with one attached hydrogen (secondary N) is 1. The lowest BCUT2D eigenvalue weighted by Crippen LogP contribution is -2.43. The summed E-state index contributed by atoms with van der Waals surface area (Å²) in [7, 11) is 0. The highest BCUT2D eigenvalue weighted by atomic mass is 15.1. The van der Waals surface area contributed by atoms with E-state index >= 15 is 0 Å². The molecule has 3 saturated carbocycles. The number of nitrogens with zero attached hydrogens (tertiary/aromatic N) is 1. The van der Waals surface area contributed by atoms with Crippen molar-refractivity contribution in [3.63, 3.8) is 0 Å². The van der Waals surface area contributed by atoms with Crippen LogP contribution in [-0.2, 0) is 0 Å². The summed E-state index contributed by atoms with van der Waals surface area (Å²) in [6.45, 7) is 0. The molecule has 17 heavy (non-hydrogen) atoms. The maximum Gasteiger partial charge on any atom is 0.189 e. The molecule has 3 aliphatic rings. The predicted molar refractivity (Wildman–Crippen MR) is 70.9 cm³/mol. The third-order valence-electron chi connectivity index (χ3n) is 4.82. The molecular formula is C14H25N3. The molecule has 3 heteroatoms. The van der Waals surface area contributed by atoms with Crippen molar-refractivity contribution in [2.75, 3.05) is 0 Å². The van der Waals surface area contributed by atoms with Crippen molar-refractivity contribution < 1.29 is 0 Å². The molecular weight excluding hydrogens is 210 g/mol. The molecule has 96 valence electrons. The molecule has 0 spiro atoms. The zero-order chi connectivity index (χ0) is 11.7. The Morgan fingerprint density at radius 1 is 1.00 bits per heavy atom. The molecule has 0 aromatic heterocycles. The van der Waals surface area contributed by atoms with E-state index in [1.54, 1.807) is 0 Å². The standard InChI is InChI=1S/C14H25N3/c15-14(16-11-7-4-8-11)17-13-9-12(13)10-5-2-1-3-6-10/h10-13H,1-9H2,(H3,15,16,17)/t12-,13+/m0/s1. The van der Waals surface area contributed by atoms with E-state index in [4.69, 9.17) is 5.73 Å². The molecule has 0 bridgehead atoms. The van der Waals surface area contributed by atoms with Crippen LogP contribution in [0.2, 0.25) is 0 Å². The smallest absolute Gasteiger partial charge is 0.189 e. The Kier molecular flexibility index (Phi) is 3.26. The molecule has 3 N–H and O–H groups in total. The quantitative estimate of drug-likeness (QED) is 0.583. The largest absolute Gasteiger partial charge is 0.370 e. The van der Waals surface area contributed by atoms with Crippen molar-refractivity contribution in [3.05, 3.63) is 0 Å². The second kappa shape index (κ2) is 4.87. The third-order valence-corrected chi connectivity index (χ3v) is 4.82. The Hall–Kier alpha value is -0.730. The van der Waals surface area contributed by atoms with E-state index in [1.165, 1.54) is 57.8 Å². The molecule has 0 aromatic rings. The molecule has 0 unspecified atom stereocenters. The fourth-order valence-corrected chi connectivity index (χ4v) is 3.40. The highest BCUT2D eigenvalue weighted by molar-refractivity contribution is 5.78. The number of nitrogens with two attached hydrogens (primary N) is 1. The highest BCUT2D eigenvalue weighted by Gasteiger charge is 2.43. The Labute approximate surface area is 104 Å². The highest BCUT2D eigenvalue weighted by Crippen LogP contribution is 2.46. The van der Waals surface area contributed by atoms with Crippen LogP contribution in [0.15, 0.2) is 4.99 Å². The van der Waals surface area contributed by atoms with Crippen LogP contribution in [0.25, 0.3) is 0 Å². The molecule has 3 fully saturated rings. The van der Waals surface area contributed by atoms with Crippen molar-refractivity contribution >= 4 is 5.96 Å². The predicted octanol–water partition coefficient (Wildman–Crippen LogP) is 2.41. The lowest BCUT2D eigenvalue weighted by atomic mass is 9.85. The van der Waals surface area contributed by atoms with Crippen LogP contribution in [0.5, 0.6) is 0 Å². The minimum atomic E-state index is 0.547. The van der Waals surface area contributed by atoms with Crippen LogP contribution in [-0.4, -0.2) is 18.0 Å². The van der Waals surface area contributed by atoms with Crippen LogP contribution in [0.4, 0.5) is 0 Å². The maximum atomic E-state index is 5.96. The summed E-state index contributed by atoms with van der Waals surface area (Å²) in [6.07, 6.45) is 12.4. The van der Waals surface area contributed by atoms with Gasteiger partial charge in [0.25, 0.3) is 0 Å². The van der Waals surface area contributed by atoms with Crippen LogP contribution in [0.3, 0.4) is 0 Å². The SMILES string of the molecule is NC(=N[C@@H]1C[C@H]1C1CCCCC1)NC1CCC1. The summed E-state index contributed by atoms with van der Waals surface area (Å²) in [5.41, 5.74) is 5.96. The molecule has 3 rings (SSSR count). The Bertz CT molecular complexity index is 290. The first kappa shape index (κ1) is 11.4. The minimum Gasteiger partial charge on any atom is -0.370 e. The second-order valence-corrected chi connectivity index (χ2v) is 6.15. The van der Waals surface area contributed by atoms with Gasteiger partial charge in [-0.15, -0.1) is 0 Å². The molecule has 0 amide bonds. The first-order valence-electron chi connectivity index (χ1n) is 7.43. The van der Waals surface area contributed by atoms with Crippen molar-refractivity contribution in [2.45, 2.75) is 69.9 Å². The van der Waals surface area contributed by atoms with Crippen LogP contribution >= 0.6 is 0 Å². The van der Waals surface area contributed by atoms with Gasteiger partial charge in [0.2, 0.25) is 0 Å². The Morgan fingerprint density at radius 2 is 1.76 bits per heavy atom. The van der Waals surface area contributed by atoms with Gasteiger partial charge >= 0.3 is 0 Å². The molecule has 0 radical (unpaired) electrons. The third kappa shape index (κ3) is 2.75. The topological polar surface area (TPSA) is 50.4 Å². The molecule has 0 heterocycles. The molecule has 0 saturated heterocycles. The Balaban J connectivity index is 1.45. The lowest BCUT2D eigenvalue weighted by molar-refractivity contribution is 0.318. The average Bonchev–Trinajstić information content (AvgIpc) is 3.04. The summed E-state index contributed by atoms with van der Waals surface area (Å²) in [4.78, 5) is 4.65. The van der Waals surface area contributed by atoms with Gasteiger partial charge in [-0.25, -0.2) is 4.99 Å². The summed E-state index contributed by atoms with van der Waals surface area (Å²) >= 11 is 0. The van der Waals surface area contributed by atoms with Crippen LogP contribution in [0.1, 0.15) is 57.8 Å². The van der Waals surface area contributed by atoms with Crippen molar-refractivity contribution in [1.29, 1.82) is 0 Å². The number of aliphatic imine (C=N–C) groups is 1. The second-order valence-electron chi connectivity index (χ2n) is 6.15. The molecule has 0 aliphatic heterocycles. The number of rotatable bonds is 3. The van der Waals surface area contributed by atoms with Gasteiger partial charge in [0, 0.05) is 6.04 Å².